The minimum atomic E-state index is -0.256. The van der Waals surface area contributed by atoms with E-state index >= 15 is 0 Å². The van der Waals surface area contributed by atoms with Gasteiger partial charge in [-0.25, -0.2) is 14.1 Å². The van der Waals surface area contributed by atoms with Crippen molar-refractivity contribution in [3.63, 3.8) is 0 Å². The number of benzene rings is 1. The van der Waals surface area contributed by atoms with E-state index in [2.05, 4.69) is 20.0 Å². The lowest BCUT2D eigenvalue weighted by Gasteiger charge is -2.32. The lowest BCUT2D eigenvalue weighted by Crippen LogP contribution is -2.34. The number of H-pyrrole nitrogens is 1. The first-order valence-corrected chi connectivity index (χ1v) is 8.74. The summed E-state index contributed by atoms with van der Waals surface area (Å²) in [6.07, 6.45) is 7.41. The molecule has 1 aromatic carbocycles. The molecule has 2 aromatic heterocycles. The number of rotatable bonds is 4. The van der Waals surface area contributed by atoms with E-state index in [1.165, 1.54) is 18.5 Å². The molecule has 0 saturated carbocycles. The van der Waals surface area contributed by atoms with E-state index in [0.29, 0.717) is 0 Å². The zero-order chi connectivity index (χ0) is 17.9. The third-order valence-corrected chi connectivity index (χ3v) is 4.76. The molecule has 1 N–H and O–H groups in total. The zero-order valence-electron chi connectivity index (χ0n) is 14.3. The molecule has 7 heteroatoms. The van der Waals surface area contributed by atoms with Crippen molar-refractivity contribution in [2.24, 2.45) is 0 Å². The Morgan fingerprint density at radius 1 is 1.27 bits per heavy atom. The summed E-state index contributed by atoms with van der Waals surface area (Å²) in [5.74, 6) is 0.0204. The molecule has 0 aliphatic carbocycles. The van der Waals surface area contributed by atoms with E-state index in [1.807, 2.05) is 12.4 Å². The molecule has 0 amide bonds. The fourth-order valence-electron chi connectivity index (χ4n) is 3.48. The van der Waals surface area contributed by atoms with E-state index in [4.69, 9.17) is 0 Å². The molecule has 3 heterocycles. The summed E-state index contributed by atoms with van der Waals surface area (Å²) >= 11 is 0. The Hall–Kier alpha value is -2.80. The number of hydrogen-bond donors (Lipinski definition) is 1. The van der Waals surface area contributed by atoms with Crippen LogP contribution in [0.25, 0.3) is 5.69 Å². The lowest BCUT2D eigenvalue weighted by atomic mass is 9.94. The third kappa shape index (κ3) is 3.72. The van der Waals surface area contributed by atoms with Gasteiger partial charge in [0.2, 0.25) is 0 Å². The molecule has 1 fully saturated rings. The van der Waals surface area contributed by atoms with E-state index in [-0.39, 0.29) is 17.3 Å². The average Bonchev–Trinajstić information content (AvgIpc) is 3.11. The Bertz CT molecular complexity index is 933. The maximum atomic E-state index is 13.1. The number of hydrogen-bond acceptors (Lipinski definition) is 4. The summed E-state index contributed by atoms with van der Waals surface area (Å²) in [4.78, 5) is 20.8. The first-order valence-electron chi connectivity index (χ1n) is 8.74. The number of halogens is 1. The molecule has 1 aliphatic heterocycles. The van der Waals surface area contributed by atoms with E-state index in [9.17, 15) is 9.18 Å². The second-order valence-corrected chi connectivity index (χ2v) is 6.68. The van der Waals surface area contributed by atoms with Gasteiger partial charge in [0, 0.05) is 36.8 Å². The Balaban J connectivity index is 1.44. The molecule has 6 nitrogen and oxygen atoms in total. The van der Waals surface area contributed by atoms with Crippen molar-refractivity contribution in [1.82, 2.24) is 24.6 Å². The highest BCUT2D eigenvalue weighted by molar-refractivity contribution is 5.31. The molecule has 0 bridgehead atoms. The second-order valence-electron chi connectivity index (χ2n) is 6.68. The molecule has 1 atom stereocenters. The van der Waals surface area contributed by atoms with Gasteiger partial charge in [0.05, 0.1) is 23.9 Å². The van der Waals surface area contributed by atoms with Crippen molar-refractivity contribution in [3.8, 4) is 5.69 Å². The van der Waals surface area contributed by atoms with Gasteiger partial charge >= 0.3 is 0 Å². The Morgan fingerprint density at radius 2 is 2.12 bits per heavy atom. The molecule has 0 spiro atoms. The zero-order valence-corrected chi connectivity index (χ0v) is 14.3. The summed E-state index contributed by atoms with van der Waals surface area (Å²) in [5.41, 5.74) is 2.70. The number of aromatic amines is 1. The van der Waals surface area contributed by atoms with E-state index in [0.717, 1.165) is 49.4 Å². The van der Waals surface area contributed by atoms with Crippen molar-refractivity contribution in [3.05, 3.63) is 76.5 Å². The van der Waals surface area contributed by atoms with Crippen LogP contribution in [-0.4, -0.2) is 37.7 Å². The minimum absolute atomic E-state index is 0.104. The van der Waals surface area contributed by atoms with Gasteiger partial charge in [-0.15, -0.1) is 0 Å². The van der Waals surface area contributed by atoms with Crippen LogP contribution in [0.5, 0.6) is 0 Å². The van der Waals surface area contributed by atoms with Crippen LogP contribution in [0.2, 0.25) is 0 Å². The van der Waals surface area contributed by atoms with Crippen molar-refractivity contribution in [1.29, 1.82) is 0 Å². The molecule has 134 valence electrons. The molecule has 26 heavy (non-hydrogen) atoms. The van der Waals surface area contributed by atoms with Crippen molar-refractivity contribution in [2.45, 2.75) is 25.3 Å². The van der Waals surface area contributed by atoms with Crippen molar-refractivity contribution in [2.75, 3.05) is 13.1 Å². The third-order valence-electron chi connectivity index (χ3n) is 4.76. The molecule has 0 radical (unpaired) electrons. The average molecular weight is 353 g/mol. The second kappa shape index (κ2) is 7.21. The van der Waals surface area contributed by atoms with Gasteiger partial charge in [-0.2, -0.15) is 5.10 Å². The number of likely N-dealkylation sites (tertiary alicyclic amines) is 1. The van der Waals surface area contributed by atoms with Gasteiger partial charge in [-0.3, -0.25) is 9.69 Å². The van der Waals surface area contributed by atoms with Gasteiger partial charge in [-0.1, -0.05) is 0 Å². The predicted molar refractivity (Wildman–Crippen MR) is 95.6 cm³/mol. The SMILES string of the molecule is O=c1cc(C2CCCN(Cc3cnn(-c4ccc(F)cc4)c3)C2)nc[nH]1. The lowest BCUT2D eigenvalue weighted by molar-refractivity contribution is 0.198. The topological polar surface area (TPSA) is 66.8 Å². The number of nitrogens with zero attached hydrogens (tertiary/aromatic N) is 4. The minimum Gasteiger partial charge on any atom is -0.313 e. The molecule has 1 unspecified atom stereocenters. The highest BCUT2D eigenvalue weighted by Crippen LogP contribution is 2.25. The standard InChI is InChI=1S/C19H20FN5O/c20-16-3-5-17(6-4-16)25-11-14(9-23-25)10-24-7-1-2-15(12-24)18-8-19(26)22-13-21-18/h3-6,8-9,11,13,15H,1-2,7,10,12H2,(H,21,22,26). The first kappa shape index (κ1) is 16.7. The van der Waals surface area contributed by atoms with Gasteiger partial charge in [-0.05, 0) is 43.7 Å². The summed E-state index contributed by atoms with van der Waals surface area (Å²) in [6.45, 7) is 2.68. The quantitative estimate of drug-likeness (QED) is 0.782. The number of aromatic nitrogens is 4. The van der Waals surface area contributed by atoms with Crippen LogP contribution >= 0.6 is 0 Å². The fraction of sp³-hybridized carbons (Fsp3) is 0.316. The van der Waals surface area contributed by atoms with Crippen LogP contribution in [0.3, 0.4) is 0 Å². The Morgan fingerprint density at radius 3 is 2.92 bits per heavy atom. The van der Waals surface area contributed by atoms with Crippen LogP contribution < -0.4 is 5.56 Å². The van der Waals surface area contributed by atoms with Gasteiger partial charge in [0.1, 0.15) is 5.82 Å². The van der Waals surface area contributed by atoms with Crippen LogP contribution in [0.4, 0.5) is 4.39 Å². The normalized spacial score (nSPS) is 18.1. The summed E-state index contributed by atoms with van der Waals surface area (Å²) in [5, 5.41) is 4.38. The van der Waals surface area contributed by atoms with Crippen molar-refractivity contribution < 1.29 is 4.39 Å². The summed E-state index contributed by atoms with van der Waals surface area (Å²) in [6, 6.07) is 7.88. The van der Waals surface area contributed by atoms with Crippen LogP contribution in [0, 0.1) is 5.82 Å². The summed E-state index contributed by atoms with van der Waals surface area (Å²) < 4.78 is 14.8. The smallest absolute Gasteiger partial charge is 0.250 e. The van der Waals surface area contributed by atoms with E-state index < -0.39 is 0 Å². The van der Waals surface area contributed by atoms with E-state index in [1.54, 1.807) is 22.9 Å². The first-order chi connectivity index (χ1) is 12.7. The molecular formula is C19H20FN5O. The predicted octanol–water partition coefficient (Wildman–Crippen LogP) is 2.47. The van der Waals surface area contributed by atoms with Crippen LogP contribution in [-0.2, 0) is 6.54 Å². The van der Waals surface area contributed by atoms with Gasteiger partial charge in [0.15, 0.2) is 0 Å². The number of nitrogens with one attached hydrogen (secondary N) is 1. The Labute approximate surface area is 150 Å². The monoisotopic (exact) mass is 353 g/mol. The van der Waals surface area contributed by atoms with Gasteiger partial charge < -0.3 is 4.98 Å². The maximum absolute atomic E-state index is 13.1. The highest BCUT2D eigenvalue weighted by atomic mass is 19.1. The largest absolute Gasteiger partial charge is 0.313 e. The van der Waals surface area contributed by atoms with Crippen LogP contribution in [0.1, 0.15) is 30.0 Å². The highest BCUT2D eigenvalue weighted by Gasteiger charge is 2.23. The summed E-state index contributed by atoms with van der Waals surface area (Å²) in [7, 11) is 0. The molecule has 1 aliphatic rings. The number of piperidine rings is 1. The molecule has 3 aromatic rings. The van der Waals surface area contributed by atoms with Crippen LogP contribution in [0.15, 0.2) is 53.8 Å². The Kier molecular flexibility index (Phi) is 4.62. The molecule has 1 saturated heterocycles. The van der Waals surface area contributed by atoms with Gasteiger partial charge in [0.25, 0.3) is 5.56 Å². The molecular weight excluding hydrogens is 333 g/mol. The van der Waals surface area contributed by atoms with Crippen molar-refractivity contribution >= 4 is 0 Å². The maximum Gasteiger partial charge on any atom is 0.250 e. The fourth-order valence-corrected chi connectivity index (χ4v) is 3.48. The molecule has 4 rings (SSSR count).